The van der Waals surface area contributed by atoms with E-state index >= 15 is 0 Å². The van der Waals surface area contributed by atoms with E-state index in [9.17, 15) is 19.2 Å². The summed E-state index contributed by atoms with van der Waals surface area (Å²) in [5.41, 5.74) is -0.172. The zero-order chi connectivity index (χ0) is 26.6. The van der Waals surface area contributed by atoms with Crippen molar-refractivity contribution in [3.05, 3.63) is 35.4 Å². The molecule has 0 spiro atoms. The minimum absolute atomic E-state index is 0.227. The molecule has 2 atom stereocenters. The van der Waals surface area contributed by atoms with Crippen molar-refractivity contribution in [2.75, 3.05) is 25.7 Å². The molecule has 0 heterocycles. The summed E-state index contributed by atoms with van der Waals surface area (Å²) in [7, 11) is 1.18. The number of thioether (sulfide) groups is 1. The van der Waals surface area contributed by atoms with Gasteiger partial charge in [0.1, 0.15) is 24.2 Å². The van der Waals surface area contributed by atoms with E-state index in [0.717, 1.165) is 4.90 Å². The van der Waals surface area contributed by atoms with E-state index in [1.807, 2.05) is 6.26 Å². The van der Waals surface area contributed by atoms with Crippen LogP contribution in [0, 0.1) is 24.8 Å². The minimum Gasteiger partial charge on any atom is -0.468 e. The Morgan fingerprint density at radius 3 is 2.37 bits per heavy atom. The van der Waals surface area contributed by atoms with Crippen LogP contribution >= 0.6 is 11.8 Å². The number of methoxy groups -OCH3 is 1. The van der Waals surface area contributed by atoms with Crippen LogP contribution in [0.4, 0.5) is 4.79 Å². The van der Waals surface area contributed by atoms with Crippen LogP contribution in [0.25, 0.3) is 0 Å². The average molecular weight is 502 g/mol. The summed E-state index contributed by atoms with van der Waals surface area (Å²) in [4.78, 5) is 51.6. The molecule has 0 radical (unpaired) electrons. The van der Waals surface area contributed by atoms with Crippen LogP contribution < -0.4 is 10.6 Å². The Hall–Kier alpha value is -3.63. The molecule has 188 valence electrons. The van der Waals surface area contributed by atoms with Crippen molar-refractivity contribution >= 4 is 35.6 Å². The van der Waals surface area contributed by atoms with Crippen molar-refractivity contribution < 1.29 is 28.7 Å². The smallest absolute Gasteiger partial charge is 0.408 e. The maximum Gasteiger partial charge on any atom is 0.408 e. The zero-order valence-corrected chi connectivity index (χ0v) is 21.4. The standard InChI is InChI=1S/C25H31N3O6S/c1-8-17-12-10-11-13-18(17)21(22(30)26-16-20(29)33-6)28(9-2)23(31)19(14-15-35-7)27-24(32)34-25(3,4)5/h1-2,10-13,19,21H,14-16H2,3-7H3,(H,26,30)(H,27,32). The number of hydrogen-bond donors (Lipinski definition) is 2. The van der Waals surface area contributed by atoms with Gasteiger partial charge in [0.05, 0.1) is 7.11 Å². The van der Waals surface area contributed by atoms with Gasteiger partial charge < -0.3 is 20.1 Å². The Balaban J connectivity index is 3.42. The van der Waals surface area contributed by atoms with Crippen LogP contribution in [0.5, 0.6) is 0 Å². The van der Waals surface area contributed by atoms with E-state index in [4.69, 9.17) is 17.6 Å². The third-order valence-electron chi connectivity index (χ3n) is 4.53. The fourth-order valence-electron chi connectivity index (χ4n) is 2.97. The lowest BCUT2D eigenvalue weighted by Crippen LogP contribution is -2.52. The predicted octanol–water partition coefficient (Wildman–Crippen LogP) is 2.06. The largest absolute Gasteiger partial charge is 0.468 e. The molecule has 3 amide bonds. The van der Waals surface area contributed by atoms with Gasteiger partial charge in [-0.3, -0.25) is 19.3 Å². The van der Waals surface area contributed by atoms with E-state index in [0.29, 0.717) is 11.3 Å². The summed E-state index contributed by atoms with van der Waals surface area (Å²) >= 11 is 1.47. The summed E-state index contributed by atoms with van der Waals surface area (Å²) in [5, 5.41) is 4.97. The van der Waals surface area contributed by atoms with Gasteiger partial charge in [0.25, 0.3) is 5.91 Å². The number of amides is 3. The first-order valence-corrected chi connectivity index (χ1v) is 12.1. The minimum atomic E-state index is -1.37. The maximum atomic E-state index is 13.6. The number of carbonyl (C=O) groups excluding carboxylic acids is 4. The van der Waals surface area contributed by atoms with Gasteiger partial charge in [0, 0.05) is 17.2 Å². The lowest BCUT2D eigenvalue weighted by atomic mass is 9.97. The van der Waals surface area contributed by atoms with Crippen LogP contribution in [0.2, 0.25) is 0 Å². The topological polar surface area (TPSA) is 114 Å². The van der Waals surface area contributed by atoms with Gasteiger partial charge >= 0.3 is 12.1 Å². The molecule has 0 bridgehead atoms. The molecule has 0 saturated heterocycles. The zero-order valence-electron chi connectivity index (χ0n) is 20.5. The number of rotatable bonds is 10. The number of nitrogens with zero attached hydrogens (tertiary/aromatic N) is 1. The van der Waals surface area contributed by atoms with Crippen molar-refractivity contribution in [1.82, 2.24) is 15.5 Å². The SMILES string of the molecule is C#Cc1ccccc1C(C(=O)NCC(=O)OC)N(C#C)C(=O)C(CCSC)NC(=O)OC(C)(C)C. The van der Waals surface area contributed by atoms with E-state index in [2.05, 4.69) is 27.3 Å². The fraction of sp³-hybridized carbons (Fsp3) is 0.440. The van der Waals surface area contributed by atoms with Crippen molar-refractivity contribution in [3.8, 4) is 24.8 Å². The molecular formula is C25H31N3O6S. The molecular weight excluding hydrogens is 470 g/mol. The number of terminal acetylenes is 2. The number of nitrogens with one attached hydrogen (secondary N) is 2. The van der Waals surface area contributed by atoms with Crippen molar-refractivity contribution in [3.63, 3.8) is 0 Å². The molecule has 2 N–H and O–H groups in total. The number of hydrogen-bond acceptors (Lipinski definition) is 7. The highest BCUT2D eigenvalue weighted by molar-refractivity contribution is 7.98. The second-order valence-corrected chi connectivity index (χ2v) is 9.23. The second kappa shape index (κ2) is 13.9. The molecule has 2 unspecified atom stereocenters. The first kappa shape index (κ1) is 29.4. The Kier molecular flexibility index (Phi) is 11.7. The van der Waals surface area contributed by atoms with Gasteiger partial charge in [0.15, 0.2) is 0 Å². The second-order valence-electron chi connectivity index (χ2n) is 8.25. The van der Waals surface area contributed by atoms with Crippen LogP contribution in [-0.4, -0.2) is 66.1 Å². The normalized spacial score (nSPS) is 12.2. The number of ether oxygens (including phenoxy) is 2. The average Bonchev–Trinajstić information content (AvgIpc) is 2.81. The number of esters is 1. The fourth-order valence-corrected chi connectivity index (χ4v) is 3.44. The Morgan fingerprint density at radius 2 is 1.83 bits per heavy atom. The van der Waals surface area contributed by atoms with Crippen LogP contribution in [0.15, 0.2) is 24.3 Å². The lowest BCUT2D eigenvalue weighted by molar-refractivity contribution is -0.142. The van der Waals surface area contributed by atoms with E-state index in [1.165, 1.54) is 18.9 Å². The van der Waals surface area contributed by atoms with Crippen LogP contribution in [0.1, 0.15) is 44.4 Å². The van der Waals surface area contributed by atoms with Gasteiger partial charge in [-0.2, -0.15) is 11.8 Å². The maximum absolute atomic E-state index is 13.6. The van der Waals surface area contributed by atoms with Crippen molar-refractivity contribution in [1.29, 1.82) is 0 Å². The predicted molar refractivity (Wildman–Crippen MR) is 134 cm³/mol. The van der Waals surface area contributed by atoms with Gasteiger partial charge in [0.2, 0.25) is 5.91 Å². The number of carbonyl (C=O) groups is 4. The molecule has 0 fully saturated rings. The highest BCUT2D eigenvalue weighted by Crippen LogP contribution is 2.25. The van der Waals surface area contributed by atoms with Crippen LogP contribution in [-0.2, 0) is 23.9 Å². The van der Waals surface area contributed by atoms with Gasteiger partial charge in [-0.25, -0.2) is 4.79 Å². The summed E-state index contributed by atoms with van der Waals surface area (Å²) in [6.07, 6.45) is 12.6. The van der Waals surface area contributed by atoms with Gasteiger partial charge in [-0.15, -0.1) is 6.42 Å². The molecule has 9 nitrogen and oxygen atoms in total. The van der Waals surface area contributed by atoms with E-state index in [-0.39, 0.29) is 12.0 Å². The monoisotopic (exact) mass is 501 g/mol. The summed E-state index contributed by atoms with van der Waals surface area (Å²) in [6.45, 7) is 4.63. The molecule has 0 aliphatic heterocycles. The molecule has 1 aromatic carbocycles. The summed E-state index contributed by atoms with van der Waals surface area (Å²) in [5.74, 6) is 0.848. The quantitative estimate of drug-likeness (QED) is 0.287. The Morgan fingerprint density at radius 1 is 1.17 bits per heavy atom. The highest BCUT2D eigenvalue weighted by atomic mass is 32.2. The van der Waals surface area contributed by atoms with Crippen molar-refractivity contribution in [2.24, 2.45) is 0 Å². The lowest BCUT2D eigenvalue weighted by Gasteiger charge is -2.30. The molecule has 10 heteroatoms. The summed E-state index contributed by atoms with van der Waals surface area (Å²) < 4.78 is 9.84. The van der Waals surface area contributed by atoms with Crippen LogP contribution in [0.3, 0.4) is 0 Å². The van der Waals surface area contributed by atoms with E-state index in [1.54, 1.807) is 45.0 Å². The third-order valence-corrected chi connectivity index (χ3v) is 5.17. The van der Waals surface area contributed by atoms with Crippen molar-refractivity contribution in [2.45, 2.75) is 44.9 Å². The Bertz CT molecular complexity index is 1010. The molecule has 0 aliphatic carbocycles. The molecule has 1 aromatic rings. The molecule has 0 aromatic heterocycles. The summed E-state index contributed by atoms with van der Waals surface area (Å²) in [6, 6.07) is 6.27. The van der Waals surface area contributed by atoms with Gasteiger partial charge in [-0.1, -0.05) is 30.5 Å². The highest BCUT2D eigenvalue weighted by Gasteiger charge is 2.36. The van der Waals surface area contributed by atoms with Gasteiger partial charge in [-0.05, 0) is 45.3 Å². The number of alkyl carbamates (subject to hydrolysis) is 1. The molecule has 0 saturated carbocycles. The Labute approximate surface area is 210 Å². The number of benzene rings is 1. The molecule has 0 aliphatic rings. The third kappa shape index (κ3) is 9.26. The molecule has 1 rings (SSSR count). The van der Waals surface area contributed by atoms with E-state index < -0.39 is 48.1 Å². The molecule has 35 heavy (non-hydrogen) atoms. The first-order valence-electron chi connectivity index (χ1n) is 10.7. The first-order chi connectivity index (χ1) is 16.5.